The van der Waals surface area contributed by atoms with Crippen LogP contribution >= 0.6 is 0 Å². The Labute approximate surface area is 121 Å². The van der Waals surface area contributed by atoms with Crippen molar-refractivity contribution in [1.29, 1.82) is 0 Å². The number of aryl methyl sites for hydroxylation is 1. The quantitative estimate of drug-likeness (QED) is 0.657. The Morgan fingerprint density at radius 2 is 2.10 bits per heavy atom. The van der Waals surface area contributed by atoms with Crippen LogP contribution in [0.4, 0.5) is 0 Å². The smallest absolute Gasteiger partial charge is 0.211 e. The highest BCUT2D eigenvalue weighted by Crippen LogP contribution is 1.97. The normalized spacial score (nSPS) is 13.6. The van der Waals surface area contributed by atoms with Gasteiger partial charge in [0.15, 0.2) is 0 Å². The fourth-order valence-corrected chi connectivity index (χ4v) is 2.96. The zero-order chi connectivity index (χ0) is 15.0. The van der Waals surface area contributed by atoms with Gasteiger partial charge in [-0.05, 0) is 19.8 Å². The van der Waals surface area contributed by atoms with Crippen LogP contribution in [0.1, 0.15) is 39.4 Å². The van der Waals surface area contributed by atoms with Crippen molar-refractivity contribution < 1.29 is 8.42 Å². The highest BCUT2D eigenvalue weighted by Gasteiger charge is 2.11. The molecule has 0 bridgehead atoms. The van der Waals surface area contributed by atoms with Crippen molar-refractivity contribution in [2.45, 2.75) is 52.7 Å². The lowest BCUT2D eigenvalue weighted by atomic mass is 10.3. The first-order valence-electron chi connectivity index (χ1n) is 7.06. The van der Waals surface area contributed by atoms with Gasteiger partial charge >= 0.3 is 0 Å². The maximum Gasteiger partial charge on any atom is 0.211 e. The maximum atomic E-state index is 11.5. The summed E-state index contributed by atoms with van der Waals surface area (Å²) < 4.78 is 27.7. The molecule has 0 fully saturated rings. The average Bonchev–Trinajstić information content (AvgIpc) is 2.82. The Bertz CT molecular complexity index is 486. The lowest BCUT2D eigenvalue weighted by Crippen LogP contribution is -2.39. The second-order valence-electron chi connectivity index (χ2n) is 4.89. The summed E-state index contributed by atoms with van der Waals surface area (Å²) in [6.45, 7) is 7.74. The van der Waals surface area contributed by atoms with Gasteiger partial charge in [-0.15, -0.1) is 10.2 Å². The van der Waals surface area contributed by atoms with E-state index in [4.69, 9.17) is 0 Å². The van der Waals surface area contributed by atoms with Gasteiger partial charge in [0.25, 0.3) is 0 Å². The molecule has 0 radical (unpaired) electrons. The van der Waals surface area contributed by atoms with E-state index < -0.39 is 10.0 Å². The van der Waals surface area contributed by atoms with E-state index in [1.807, 2.05) is 18.4 Å². The van der Waals surface area contributed by atoms with E-state index in [-0.39, 0.29) is 11.8 Å². The van der Waals surface area contributed by atoms with Crippen LogP contribution < -0.4 is 10.0 Å². The molecule has 0 aliphatic heterocycles. The largest absolute Gasteiger partial charge is 0.317 e. The summed E-state index contributed by atoms with van der Waals surface area (Å²) in [6.07, 6.45) is 3.36. The monoisotopic (exact) mass is 303 g/mol. The molecule has 0 amide bonds. The molecule has 20 heavy (non-hydrogen) atoms. The first kappa shape index (κ1) is 17.1. The molecule has 0 aromatic carbocycles. The Hall–Kier alpha value is -0.990. The third-order valence-corrected chi connectivity index (χ3v) is 4.40. The molecule has 1 aromatic heterocycles. The summed E-state index contributed by atoms with van der Waals surface area (Å²) in [5.74, 6) is 1.04. The first-order chi connectivity index (χ1) is 9.48. The molecule has 0 aliphatic carbocycles. The highest BCUT2D eigenvalue weighted by atomic mass is 32.2. The van der Waals surface area contributed by atoms with E-state index in [1.54, 1.807) is 6.33 Å². The Kier molecular flexibility index (Phi) is 7.11. The third kappa shape index (κ3) is 5.98. The molecule has 1 aromatic rings. The Morgan fingerprint density at radius 3 is 2.75 bits per heavy atom. The molecule has 1 atom stereocenters. The summed E-state index contributed by atoms with van der Waals surface area (Å²) in [5.41, 5.74) is 0. The number of hydrogen-bond donors (Lipinski definition) is 2. The van der Waals surface area contributed by atoms with Crippen LogP contribution in [0.5, 0.6) is 0 Å². The molecule has 116 valence electrons. The van der Waals surface area contributed by atoms with E-state index in [1.165, 1.54) is 0 Å². The number of hydrogen-bond acceptors (Lipinski definition) is 5. The van der Waals surface area contributed by atoms with E-state index >= 15 is 0 Å². The second kappa shape index (κ2) is 8.33. The molecule has 0 spiro atoms. The van der Waals surface area contributed by atoms with E-state index in [0.29, 0.717) is 19.5 Å². The van der Waals surface area contributed by atoms with Gasteiger partial charge in [0.1, 0.15) is 12.2 Å². The molecule has 0 aliphatic rings. The SMILES string of the molecule is CCCn1cnnc1CNC(C)CNS(=O)(=O)CCC. The van der Waals surface area contributed by atoms with Crippen molar-refractivity contribution in [2.24, 2.45) is 0 Å². The number of rotatable bonds is 10. The summed E-state index contributed by atoms with van der Waals surface area (Å²) in [5, 5.41) is 11.2. The molecule has 0 saturated heterocycles. The average molecular weight is 303 g/mol. The predicted octanol–water partition coefficient (Wildman–Crippen LogP) is 0.496. The van der Waals surface area contributed by atoms with Crippen LogP contribution in [0, 0.1) is 0 Å². The fourth-order valence-electron chi connectivity index (χ4n) is 1.77. The summed E-state index contributed by atoms with van der Waals surface area (Å²) in [7, 11) is -3.14. The van der Waals surface area contributed by atoms with Crippen molar-refractivity contribution in [3.05, 3.63) is 12.2 Å². The van der Waals surface area contributed by atoms with Gasteiger partial charge in [0.05, 0.1) is 12.3 Å². The van der Waals surface area contributed by atoms with Gasteiger partial charge < -0.3 is 9.88 Å². The molecule has 8 heteroatoms. The Morgan fingerprint density at radius 1 is 1.35 bits per heavy atom. The highest BCUT2D eigenvalue weighted by molar-refractivity contribution is 7.89. The zero-order valence-corrected chi connectivity index (χ0v) is 13.3. The minimum absolute atomic E-state index is 0.0356. The first-order valence-corrected chi connectivity index (χ1v) is 8.71. The summed E-state index contributed by atoms with van der Waals surface area (Å²) >= 11 is 0. The van der Waals surface area contributed by atoms with Crippen molar-refractivity contribution in [1.82, 2.24) is 24.8 Å². The fraction of sp³-hybridized carbons (Fsp3) is 0.833. The topological polar surface area (TPSA) is 88.9 Å². The van der Waals surface area contributed by atoms with Crippen LogP contribution in [0.15, 0.2) is 6.33 Å². The number of nitrogens with one attached hydrogen (secondary N) is 2. The van der Waals surface area contributed by atoms with Gasteiger partial charge in [0.2, 0.25) is 10.0 Å². The van der Waals surface area contributed by atoms with Gasteiger partial charge in [-0.3, -0.25) is 0 Å². The van der Waals surface area contributed by atoms with Gasteiger partial charge in [-0.2, -0.15) is 0 Å². The lowest BCUT2D eigenvalue weighted by molar-refractivity contribution is 0.502. The molecule has 1 heterocycles. The Balaban J connectivity index is 2.36. The molecule has 2 N–H and O–H groups in total. The minimum Gasteiger partial charge on any atom is -0.317 e. The number of aromatic nitrogens is 3. The molecule has 1 rings (SSSR count). The molecule has 0 saturated carbocycles. The molecular weight excluding hydrogens is 278 g/mol. The number of nitrogens with zero attached hydrogens (tertiary/aromatic N) is 3. The van der Waals surface area contributed by atoms with E-state index in [0.717, 1.165) is 18.8 Å². The van der Waals surface area contributed by atoms with Crippen LogP contribution in [0.3, 0.4) is 0 Å². The van der Waals surface area contributed by atoms with Gasteiger partial charge in [0, 0.05) is 19.1 Å². The molecule has 1 unspecified atom stereocenters. The van der Waals surface area contributed by atoms with Crippen LogP contribution in [0.25, 0.3) is 0 Å². The van der Waals surface area contributed by atoms with Crippen molar-refractivity contribution in [3.63, 3.8) is 0 Å². The third-order valence-electron chi connectivity index (χ3n) is 2.85. The van der Waals surface area contributed by atoms with Crippen molar-refractivity contribution >= 4 is 10.0 Å². The lowest BCUT2D eigenvalue weighted by Gasteiger charge is -2.14. The van der Waals surface area contributed by atoms with Gasteiger partial charge in [-0.1, -0.05) is 13.8 Å². The van der Waals surface area contributed by atoms with Crippen molar-refractivity contribution in [2.75, 3.05) is 12.3 Å². The molecule has 7 nitrogen and oxygen atoms in total. The maximum absolute atomic E-state index is 11.5. The van der Waals surface area contributed by atoms with Crippen LogP contribution in [0.2, 0.25) is 0 Å². The molecular formula is C12H25N5O2S. The zero-order valence-electron chi connectivity index (χ0n) is 12.5. The number of sulfonamides is 1. The van der Waals surface area contributed by atoms with Gasteiger partial charge in [-0.25, -0.2) is 13.1 Å². The standard InChI is InChI=1S/C12H25N5O2S/c1-4-6-17-10-14-16-12(17)9-13-11(3)8-15-20(18,19)7-5-2/h10-11,13,15H,4-9H2,1-3H3. The predicted molar refractivity (Wildman–Crippen MR) is 78.7 cm³/mol. The van der Waals surface area contributed by atoms with E-state index in [9.17, 15) is 8.42 Å². The summed E-state index contributed by atoms with van der Waals surface area (Å²) in [4.78, 5) is 0. The second-order valence-corrected chi connectivity index (χ2v) is 6.82. The minimum atomic E-state index is -3.14. The van der Waals surface area contributed by atoms with Crippen LogP contribution in [-0.2, 0) is 23.1 Å². The van der Waals surface area contributed by atoms with Crippen LogP contribution in [-0.4, -0.2) is 41.5 Å². The summed E-state index contributed by atoms with van der Waals surface area (Å²) in [6, 6.07) is 0.0356. The van der Waals surface area contributed by atoms with E-state index in [2.05, 4.69) is 27.2 Å². The van der Waals surface area contributed by atoms with Crippen molar-refractivity contribution in [3.8, 4) is 0 Å².